The van der Waals surface area contributed by atoms with Gasteiger partial charge in [-0.15, -0.1) is 0 Å². The second-order valence-corrected chi connectivity index (χ2v) is 6.91. The van der Waals surface area contributed by atoms with Crippen LogP contribution in [0.15, 0.2) is 0 Å². The fourth-order valence-corrected chi connectivity index (χ4v) is 2.75. The van der Waals surface area contributed by atoms with Gasteiger partial charge in [-0.25, -0.2) is 13.1 Å². The molecule has 0 aromatic carbocycles. The Morgan fingerprint density at radius 3 is 2.20 bits per heavy atom. The van der Waals surface area contributed by atoms with Crippen molar-refractivity contribution in [1.29, 1.82) is 0 Å². The van der Waals surface area contributed by atoms with Crippen molar-refractivity contribution in [3.8, 4) is 0 Å². The van der Waals surface area contributed by atoms with Crippen LogP contribution in [0.2, 0.25) is 0 Å². The average molecular weight is 237 g/mol. The van der Waals surface area contributed by atoms with Gasteiger partial charge < -0.3 is 5.11 Å². The molecule has 0 saturated heterocycles. The highest BCUT2D eigenvalue weighted by molar-refractivity contribution is 7.89. The molecular weight excluding hydrogens is 214 g/mol. The second-order valence-electron chi connectivity index (χ2n) is 5.04. The van der Waals surface area contributed by atoms with Crippen LogP contribution in [0, 0.1) is 5.41 Å². The van der Waals surface area contributed by atoms with Crippen LogP contribution in [0.5, 0.6) is 0 Å². The van der Waals surface area contributed by atoms with E-state index < -0.39 is 10.0 Å². The number of aliphatic hydroxyl groups is 1. The predicted octanol–water partition coefficient (Wildman–Crippen LogP) is 1.11. The molecule has 1 atom stereocenters. The highest BCUT2D eigenvalue weighted by Crippen LogP contribution is 2.18. The van der Waals surface area contributed by atoms with Crippen LogP contribution in [0.25, 0.3) is 0 Å². The molecule has 0 unspecified atom stereocenters. The molecule has 0 aromatic rings. The van der Waals surface area contributed by atoms with Crippen molar-refractivity contribution in [2.75, 3.05) is 12.4 Å². The standard InChI is InChI=1S/C10H23NO3S/c1-5-9(8-12)11-15(13,14)7-6-10(2,3)4/h9,11-12H,5-8H2,1-4H3/t9-/m0/s1. The number of sulfonamides is 1. The highest BCUT2D eigenvalue weighted by atomic mass is 32.2. The van der Waals surface area contributed by atoms with Gasteiger partial charge in [0.2, 0.25) is 10.0 Å². The predicted molar refractivity (Wildman–Crippen MR) is 62.2 cm³/mol. The molecule has 15 heavy (non-hydrogen) atoms. The molecule has 0 spiro atoms. The third kappa shape index (κ3) is 7.76. The summed E-state index contributed by atoms with van der Waals surface area (Å²) in [5.74, 6) is 0.118. The van der Waals surface area contributed by atoms with E-state index in [-0.39, 0.29) is 23.8 Å². The number of hydrogen-bond acceptors (Lipinski definition) is 3. The van der Waals surface area contributed by atoms with Gasteiger partial charge in [-0.05, 0) is 18.3 Å². The first-order valence-electron chi connectivity index (χ1n) is 5.31. The first kappa shape index (κ1) is 14.9. The Balaban J connectivity index is 4.20. The summed E-state index contributed by atoms with van der Waals surface area (Å²) < 4.78 is 25.7. The number of aliphatic hydroxyl groups excluding tert-OH is 1. The van der Waals surface area contributed by atoms with Crippen molar-refractivity contribution < 1.29 is 13.5 Å². The van der Waals surface area contributed by atoms with E-state index in [2.05, 4.69) is 4.72 Å². The molecule has 4 nitrogen and oxygen atoms in total. The third-order valence-electron chi connectivity index (χ3n) is 2.18. The maximum Gasteiger partial charge on any atom is 0.211 e. The molecule has 0 heterocycles. The van der Waals surface area contributed by atoms with Gasteiger partial charge in [-0.3, -0.25) is 0 Å². The Labute approximate surface area is 93.1 Å². The van der Waals surface area contributed by atoms with Crippen molar-refractivity contribution in [2.24, 2.45) is 5.41 Å². The van der Waals surface area contributed by atoms with E-state index in [4.69, 9.17) is 5.11 Å². The lowest BCUT2D eigenvalue weighted by Gasteiger charge is -2.19. The van der Waals surface area contributed by atoms with Gasteiger partial charge >= 0.3 is 0 Å². The topological polar surface area (TPSA) is 66.4 Å². The Bertz CT molecular complexity index is 263. The monoisotopic (exact) mass is 237 g/mol. The van der Waals surface area contributed by atoms with E-state index in [1.807, 2.05) is 27.7 Å². The first-order chi connectivity index (χ1) is 6.70. The summed E-state index contributed by atoms with van der Waals surface area (Å²) >= 11 is 0. The molecule has 2 N–H and O–H groups in total. The average Bonchev–Trinajstić information content (AvgIpc) is 2.10. The van der Waals surface area contributed by atoms with Crippen LogP contribution in [0.3, 0.4) is 0 Å². The largest absolute Gasteiger partial charge is 0.395 e. The molecule has 0 aliphatic carbocycles. The Morgan fingerprint density at radius 1 is 1.33 bits per heavy atom. The first-order valence-corrected chi connectivity index (χ1v) is 6.96. The number of nitrogens with one attached hydrogen (secondary N) is 1. The Morgan fingerprint density at radius 2 is 1.87 bits per heavy atom. The van der Waals surface area contributed by atoms with E-state index in [1.165, 1.54) is 0 Å². The maximum atomic E-state index is 11.6. The van der Waals surface area contributed by atoms with E-state index in [9.17, 15) is 8.42 Å². The third-order valence-corrected chi connectivity index (χ3v) is 3.61. The molecule has 0 radical (unpaired) electrons. The van der Waals surface area contributed by atoms with Crippen LogP contribution >= 0.6 is 0 Å². The SMILES string of the molecule is CC[C@@H](CO)NS(=O)(=O)CCC(C)(C)C. The lowest BCUT2D eigenvalue weighted by Crippen LogP contribution is -2.38. The zero-order valence-corrected chi connectivity index (χ0v) is 10.9. The number of hydrogen-bond donors (Lipinski definition) is 2. The molecular formula is C10H23NO3S. The maximum absolute atomic E-state index is 11.6. The van der Waals surface area contributed by atoms with Gasteiger partial charge in [-0.1, -0.05) is 27.7 Å². The summed E-state index contributed by atoms with van der Waals surface area (Å²) in [6.45, 7) is 7.71. The van der Waals surface area contributed by atoms with Crippen molar-refractivity contribution >= 4 is 10.0 Å². The summed E-state index contributed by atoms with van der Waals surface area (Å²) in [5.41, 5.74) is 0.00960. The molecule has 0 bridgehead atoms. The van der Waals surface area contributed by atoms with Crippen molar-refractivity contribution in [1.82, 2.24) is 4.72 Å². The minimum atomic E-state index is -3.25. The van der Waals surface area contributed by atoms with Gasteiger partial charge in [0.15, 0.2) is 0 Å². The van der Waals surface area contributed by atoms with Crippen LogP contribution in [-0.2, 0) is 10.0 Å². The van der Waals surface area contributed by atoms with Crippen LogP contribution in [-0.4, -0.2) is 31.9 Å². The zero-order chi connectivity index (χ0) is 12.1. The van der Waals surface area contributed by atoms with Crippen molar-refractivity contribution in [3.05, 3.63) is 0 Å². The normalized spacial score (nSPS) is 15.3. The van der Waals surface area contributed by atoms with Gasteiger partial charge in [0.05, 0.1) is 12.4 Å². The molecule has 92 valence electrons. The molecule has 0 rings (SSSR count). The van der Waals surface area contributed by atoms with E-state index in [1.54, 1.807) is 0 Å². The van der Waals surface area contributed by atoms with Crippen molar-refractivity contribution in [2.45, 2.75) is 46.6 Å². The minimum Gasteiger partial charge on any atom is -0.395 e. The van der Waals surface area contributed by atoms with Crippen LogP contribution in [0.1, 0.15) is 40.5 Å². The van der Waals surface area contributed by atoms with Gasteiger partial charge in [0.25, 0.3) is 0 Å². The van der Waals surface area contributed by atoms with E-state index >= 15 is 0 Å². The molecule has 0 fully saturated rings. The molecule has 0 aromatic heterocycles. The van der Waals surface area contributed by atoms with Crippen LogP contribution < -0.4 is 4.72 Å². The molecule has 5 heteroatoms. The fourth-order valence-electron chi connectivity index (χ4n) is 1.00. The quantitative estimate of drug-likeness (QED) is 0.727. The number of rotatable bonds is 6. The van der Waals surface area contributed by atoms with E-state index in [0.717, 1.165) is 0 Å². The Kier molecular flexibility index (Phi) is 5.77. The van der Waals surface area contributed by atoms with E-state index in [0.29, 0.717) is 12.8 Å². The lowest BCUT2D eigenvalue weighted by molar-refractivity contribution is 0.253. The fraction of sp³-hybridized carbons (Fsp3) is 1.00. The molecule has 0 amide bonds. The summed E-state index contributed by atoms with van der Waals surface area (Å²) in [7, 11) is -3.25. The summed E-state index contributed by atoms with van der Waals surface area (Å²) in [4.78, 5) is 0. The van der Waals surface area contributed by atoms with Crippen LogP contribution in [0.4, 0.5) is 0 Å². The zero-order valence-electron chi connectivity index (χ0n) is 10.1. The second kappa shape index (κ2) is 5.82. The van der Waals surface area contributed by atoms with Gasteiger partial charge in [0.1, 0.15) is 0 Å². The molecule has 0 aliphatic heterocycles. The van der Waals surface area contributed by atoms with Gasteiger partial charge in [0, 0.05) is 6.04 Å². The Hall–Kier alpha value is -0.130. The molecule has 0 saturated carbocycles. The van der Waals surface area contributed by atoms with Gasteiger partial charge in [-0.2, -0.15) is 0 Å². The molecule has 0 aliphatic rings. The summed E-state index contributed by atoms with van der Waals surface area (Å²) in [6, 6.07) is -0.352. The summed E-state index contributed by atoms with van der Waals surface area (Å²) in [6.07, 6.45) is 1.22. The summed E-state index contributed by atoms with van der Waals surface area (Å²) in [5, 5.41) is 8.89. The lowest BCUT2D eigenvalue weighted by atomic mass is 9.94. The van der Waals surface area contributed by atoms with Crippen molar-refractivity contribution in [3.63, 3.8) is 0 Å². The highest BCUT2D eigenvalue weighted by Gasteiger charge is 2.19. The minimum absolute atomic E-state index is 0.00960. The smallest absolute Gasteiger partial charge is 0.211 e.